The number of hydrogen-bond donors (Lipinski definition) is 1. The minimum Gasteiger partial charge on any atom is -0.497 e. The third-order valence-corrected chi connectivity index (χ3v) is 5.76. The molecule has 0 saturated heterocycles. The van der Waals surface area contributed by atoms with Gasteiger partial charge in [0.15, 0.2) is 0 Å². The molecule has 29 heavy (non-hydrogen) atoms. The lowest BCUT2D eigenvalue weighted by atomic mass is 9.88. The molecule has 1 heterocycles. The molecule has 0 bridgehead atoms. The number of benzene rings is 3. The summed E-state index contributed by atoms with van der Waals surface area (Å²) in [6, 6.07) is 21.3. The Morgan fingerprint density at radius 2 is 1.79 bits per heavy atom. The summed E-state index contributed by atoms with van der Waals surface area (Å²) in [5.41, 5.74) is 5.02. The first-order chi connectivity index (χ1) is 14.1. The van der Waals surface area contributed by atoms with Crippen molar-refractivity contribution in [3.05, 3.63) is 94.0 Å². The van der Waals surface area contributed by atoms with Crippen LogP contribution in [0.3, 0.4) is 0 Å². The van der Waals surface area contributed by atoms with Crippen LogP contribution in [-0.2, 0) is 6.42 Å². The fourth-order valence-electron chi connectivity index (χ4n) is 3.91. The number of nitrogens with zero attached hydrogens (tertiary/aromatic N) is 1. The molecule has 0 radical (unpaired) electrons. The molecule has 0 fully saturated rings. The Morgan fingerprint density at radius 1 is 1.07 bits per heavy atom. The van der Waals surface area contributed by atoms with Gasteiger partial charge >= 0.3 is 6.03 Å². The number of carbonyl (C=O) groups excluding carboxylic acids is 1. The number of nitrogens with one attached hydrogen (secondary N) is 1. The largest absolute Gasteiger partial charge is 0.497 e. The van der Waals surface area contributed by atoms with Gasteiger partial charge in [0.2, 0.25) is 0 Å². The summed E-state index contributed by atoms with van der Waals surface area (Å²) < 4.78 is 5.26. The van der Waals surface area contributed by atoms with Crippen LogP contribution in [0.5, 0.6) is 5.75 Å². The van der Waals surface area contributed by atoms with Crippen molar-refractivity contribution in [2.75, 3.05) is 19.0 Å². The first kappa shape index (κ1) is 19.3. The zero-order valence-corrected chi connectivity index (χ0v) is 17.2. The number of aryl methyl sites for hydroxylation is 1. The minimum absolute atomic E-state index is 0.141. The van der Waals surface area contributed by atoms with Gasteiger partial charge in [0.1, 0.15) is 5.75 Å². The molecular weight excluding hydrogens is 384 g/mol. The van der Waals surface area contributed by atoms with Crippen molar-refractivity contribution in [1.29, 1.82) is 0 Å². The van der Waals surface area contributed by atoms with E-state index in [1.807, 2.05) is 66.4 Å². The van der Waals surface area contributed by atoms with E-state index in [1.54, 1.807) is 7.11 Å². The van der Waals surface area contributed by atoms with Crippen LogP contribution in [0.2, 0.25) is 5.02 Å². The Balaban J connectivity index is 1.70. The van der Waals surface area contributed by atoms with E-state index < -0.39 is 0 Å². The van der Waals surface area contributed by atoms with Crippen LogP contribution >= 0.6 is 11.6 Å². The van der Waals surface area contributed by atoms with E-state index in [-0.39, 0.29) is 12.1 Å². The van der Waals surface area contributed by atoms with Crippen LogP contribution in [0.25, 0.3) is 0 Å². The maximum Gasteiger partial charge on any atom is 0.322 e. The number of fused-ring (bicyclic) bond motifs is 1. The fraction of sp³-hybridized carbons (Fsp3) is 0.208. The Kier molecular flexibility index (Phi) is 5.45. The van der Waals surface area contributed by atoms with Crippen molar-refractivity contribution in [3.8, 4) is 5.75 Å². The molecule has 2 amide bonds. The molecule has 5 heteroatoms. The molecule has 0 spiro atoms. The van der Waals surface area contributed by atoms with Gasteiger partial charge in [0, 0.05) is 17.3 Å². The first-order valence-electron chi connectivity index (χ1n) is 9.63. The molecule has 3 aromatic carbocycles. The minimum atomic E-state index is -0.229. The maximum absolute atomic E-state index is 13.3. The van der Waals surface area contributed by atoms with E-state index in [1.165, 1.54) is 5.56 Å². The number of carbonyl (C=O) groups is 1. The van der Waals surface area contributed by atoms with E-state index in [9.17, 15) is 4.79 Å². The summed E-state index contributed by atoms with van der Waals surface area (Å²) >= 11 is 6.54. The van der Waals surface area contributed by atoms with Gasteiger partial charge < -0.3 is 15.0 Å². The van der Waals surface area contributed by atoms with Gasteiger partial charge in [-0.15, -0.1) is 0 Å². The first-order valence-corrected chi connectivity index (χ1v) is 10.0. The normalized spacial score (nSPS) is 15.6. The topological polar surface area (TPSA) is 41.6 Å². The second kappa shape index (κ2) is 8.18. The molecule has 0 aliphatic carbocycles. The second-order valence-electron chi connectivity index (χ2n) is 7.18. The lowest BCUT2D eigenvalue weighted by molar-refractivity contribution is 0.194. The molecule has 1 atom stereocenters. The molecule has 1 aliphatic rings. The molecule has 1 N–H and O–H groups in total. The number of methoxy groups -OCH3 is 1. The standard InChI is InChI=1S/C24H23ClN2O2/c1-16-15-18(29-2)11-12-22(16)26-24(28)27-14-13-17-7-3-4-8-19(17)23(27)20-9-5-6-10-21(20)25/h3-12,15,23H,13-14H2,1-2H3,(H,26,28). The van der Waals surface area contributed by atoms with Crippen molar-refractivity contribution < 1.29 is 9.53 Å². The third kappa shape index (κ3) is 3.81. The molecule has 3 aromatic rings. The maximum atomic E-state index is 13.3. The highest BCUT2D eigenvalue weighted by atomic mass is 35.5. The molecule has 1 unspecified atom stereocenters. The summed E-state index contributed by atoms with van der Waals surface area (Å²) in [5, 5.41) is 3.73. The lowest BCUT2D eigenvalue weighted by Gasteiger charge is -2.38. The zero-order chi connectivity index (χ0) is 20.4. The van der Waals surface area contributed by atoms with Crippen LogP contribution < -0.4 is 10.1 Å². The Morgan fingerprint density at radius 3 is 2.52 bits per heavy atom. The monoisotopic (exact) mass is 406 g/mol. The van der Waals surface area contributed by atoms with Gasteiger partial charge in [-0.3, -0.25) is 0 Å². The van der Waals surface area contributed by atoms with Crippen molar-refractivity contribution in [1.82, 2.24) is 4.90 Å². The number of rotatable bonds is 3. The Bertz CT molecular complexity index is 1050. The Hall–Kier alpha value is -2.98. The van der Waals surface area contributed by atoms with E-state index in [4.69, 9.17) is 16.3 Å². The molecule has 0 aromatic heterocycles. The van der Waals surface area contributed by atoms with Gasteiger partial charge in [0.25, 0.3) is 0 Å². The summed E-state index contributed by atoms with van der Waals surface area (Å²) in [7, 11) is 1.63. The Labute approximate surface area is 176 Å². The number of hydrogen-bond acceptors (Lipinski definition) is 2. The summed E-state index contributed by atoms with van der Waals surface area (Å²) in [6.45, 7) is 2.57. The number of anilines is 1. The lowest BCUT2D eigenvalue weighted by Crippen LogP contribution is -2.43. The molecule has 4 rings (SSSR count). The van der Waals surface area contributed by atoms with Crippen LogP contribution in [0.1, 0.15) is 28.3 Å². The summed E-state index contributed by atoms with van der Waals surface area (Å²) in [4.78, 5) is 15.2. The van der Waals surface area contributed by atoms with Gasteiger partial charge in [0.05, 0.1) is 13.2 Å². The average Bonchev–Trinajstić information content (AvgIpc) is 2.74. The van der Waals surface area contributed by atoms with Gasteiger partial charge in [-0.25, -0.2) is 4.79 Å². The number of ether oxygens (including phenoxy) is 1. The van der Waals surface area contributed by atoms with Crippen LogP contribution in [0, 0.1) is 6.92 Å². The predicted molar refractivity (Wildman–Crippen MR) is 117 cm³/mol. The highest BCUT2D eigenvalue weighted by molar-refractivity contribution is 6.31. The average molecular weight is 407 g/mol. The highest BCUT2D eigenvalue weighted by Crippen LogP contribution is 2.38. The van der Waals surface area contributed by atoms with Gasteiger partial charge in [-0.05, 0) is 59.9 Å². The van der Waals surface area contributed by atoms with Crippen molar-refractivity contribution in [2.24, 2.45) is 0 Å². The van der Waals surface area contributed by atoms with Crippen molar-refractivity contribution in [3.63, 3.8) is 0 Å². The quantitative estimate of drug-likeness (QED) is 0.593. The SMILES string of the molecule is COc1ccc(NC(=O)N2CCc3ccccc3C2c2ccccc2Cl)c(C)c1. The van der Waals surface area contributed by atoms with Crippen LogP contribution in [0.4, 0.5) is 10.5 Å². The fourth-order valence-corrected chi connectivity index (χ4v) is 4.15. The van der Waals surface area contributed by atoms with E-state index in [0.717, 1.165) is 34.5 Å². The smallest absolute Gasteiger partial charge is 0.322 e. The van der Waals surface area contributed by atoms with Crippen molar-refractivity contribution in [2.45, 2.75) is 19.4 Å². The number of amides is 2. The number of halogens is 1. The zero-order valence-electron chi connectivity index (χ0n) is 16.5. The van der Waals surface area contributed by atoms with Crippen molar-refractivity contribution >= 4 is 23.3 Å². The predicted octanol–water partition coefficient (Wildman–Crippen LogP) is 5.84. The molecule has 0 saturated carbocycles. The summed E-state index contributed by atoms with van der Waals surface area (Å²) in [5.74, 6) is 0.765. The molecule has 1 aliphatic heterocycles. The number of urea groups is 1. The molecule has 4 nitrogen and oxygen atoms in total. The summed E-state index contributed by atoms with van der Waals surface area (Å²) in [6.07, 6.45) is 0.812. The van der Waals surface area contributed by atoms with Crippen LogP contribution in [-0.4, -0.2) is 24.6 Å². The molecule has 148 valence electrons. The third-order valence-electron chi connectivity index (χ3n) is 5.42. The van der Waals surface area contributed by atoms with E-state index >= 15 is 0 Å². The van der Waals surface area contributed by atoms with E-state index in [2.05, 4.69) is 17.4 Å². The van der Waals surface area contributed by atoms with Gasteiger partial charge in [-0.2, -0.15) is 0 Å². The second-order valence-corrected chi connectivity index (χ2v) is 7.58. The van der Waals surface area contributed by atoms with E-state index in [0.29, 0.717) is 11.6 Å². The highest BCUT2D eigenvalue weighted by Gasteiger charge is 2.33. The van der Waals surface area contributed by atoms with Gasteiger partial charge in [-0.1, -0.05) is 54.1 Å². The van der Waals surface area contributed by atoms with Crippen LogP contribution in [0.15, 0.2) is 66.7 Å². The molecular formula is C24H23ClN2O2.